The SMILES string of the molecule is O=C1CNC(=O)N1CCOc1cccc2c1NCCC2. The second-order valence-electron chi connectivity index (χ2n) is 4.87. The molecule has 106 valence electrons. The summed E-state index contributed by atoms with van der Waals surface area (Å²) in [5.41, 5.74) is 2.29. The Hall–Kier alpha value is -2.24. The highest BCUT2D eigenvalue weighted by molar-refractivity contribution is 6.01. The maximum atomic E-state index is 11.4. The van der Waals surface area contributed by atoms with Crippen molar-refractivity contribution in [3.63, 3.8) is 0 Å². The van der Waals surface area contributed by atoms with Gasteiger partial charge in [-0.3, -0.25) is 9.69 Å². The van der Waals surface area contributed by atoms with Crippen molar-refractivity contribution in [2.24, 2.45) is 0 Å². The molecular formula is C14H17N3O3. The van der Waals surface area contributed by atoms with E-state index in [0.29, 0.717) is 6.61 Å². The predicted molar refractivity (Wildman–Crippen MR) is 73.9 cm³/mol. The van der Waals surface area contributed by atoms with Gasteiger partial charge in [0.15, 0.2) is 0 Å². The molecule has 0 bridgehead atoms. The average molecular weight is 275 g/mol. The van der Waals surface area contributed by atoms with Crippen LogP contribution in [0.1, 0.15) is 12.0 Å². The molecule has 6 heteroatoms. The van der Waals surface area contributed by atoms with Crippen LogP contribution in [-0.2, 0) is 11.2 Å². The number of fused-ring (bicyclic) bond motifs is 1. The van der Waals surface area contributed by atoms with Crippen LogP contribution in [0.3, 0.4) is 0 Å². The van der Waals surface area contributed by atoms with Crippen molar-refractivity contribution >= 4 is 17.6 Å². The number of benzene rings is 1. The van der Waals surface area contributed by atoms with Crippen molar-refractivity contribution < 1.29 is 14.3 Å². The number of nitrogens with zero attached hydrogens (tertiary/aromatic N) is 1. The Bertz CT molecular complexity index is 528. The van der Waals surface area contributed by atoms with E-state index in [0.717, 1.165) is 30.8 Å². The monoisotopic (exact) mass is 275 g/mol. The van der Waals surface area contributed by atoms with E-state index in [-0.39, 0.29) is 25.0 Å². The molecule has 1 fully saturated rings. The Labute approximate surface area is 117 Å². The Morgan fingerprint density at radius 3 is 2.95 bits per heavy atom. The fourth-order valence-corrected chi connectivity index (χ4v) is 2.53. The number of hydrogen-bond acceptors (Lipinski definition) is 4. The predicted octanol–water partition coefficient (Wildman–Crippen LogP) is 0.975. The molecule has 2 N–H and O–H groups in total. The first-order chi connectivity index (χ1) is 9.75. The van der Waals surface area contributed by atoms with E-state index in [1.54, 1.807) is 0 Å². The largest absolute Gasteiger partial charge is 0.490 e. The molecule has 1 saturated heterocycles. The van der Waals surface area contributed by atoms with Crippen molar-refractivity contribution in [2.75, 3.05) is 31.6 Å². The number of anilines is 1. The van der Waals surface area contributed by atoms with Crippen molar-refractivity contribution in [3.05, 3.63) is 23.8 Å². The second kappa shape index (κ2) is 5.40. The van der Waals surface area contributed by atoms with Gasteiger partial charge in [0.2, 0.25) is 5.91 Å². The van der Waals surface area contributed by atoms with Crippen LogP contribution in [0.2, 0.25) is 0 Å². The highest BCUT2D eigenvalue weighted by Crippen LogP contribution is 2.31. The lowest BCUT2D eigenvalue weighted by Gasteiger charge is -2.21. The van der Waals surface area contributed by atoms with Crippen molar-refractivity contribution in [1.82, 2.24) is 10.2 Å². The lowest BCUT2D eigenvalue weighted by atomic mass is 10.0. The number of urea groups is 1. The van der Waals surface area contributed by atoms with E-state index in [2.05, 4.69) is 16.7 Å². The third-order valence-corrected chi connectivity index (χ3v) is 3.55. The van der Waals surface area contributed by atoms with E-state index in [1.165, 1.54) is 10.5 Å². The molecule has 1 aromatic carbocycles. The van der Waals surface area contributed by atoms with Gasteiger partial charge in [-0.2, -0.15) is 0 Å². The van der Waals surface area contributed by atoms with Crippen LogP contribution in [0.4, 0.5) is 10.5 Å². The topological polar surface area (TPSA) is 70.7 Å². The number of hydrogen-bond donors (Lipinski definition) is 2. The van der Waals surface area contributed by atoms with Gasteiger partial charge in [0.1, 0.15) is 12.4 Å². The quantitative estimate of drug-likeness (QED) is 0.803. The molecule has 6 nitrogen and oxygen atoms in total. The first kappa shape index (κ1) is 12.8. The third kappa shape index (κ3) is 2.41. The first-order valence-corrected chi connectivity index (χ1v) is 6.82. The van der Waals surface area contributed by atoms with Crippen LogP contribution >= 0.6 is 0 Å². The van der Waals surface area contributed by atoms with Gasteiger partial charge in [0, 0.05) is 6.54 Å². The third-order valence-electron chi connectivity index (χ3n) is 3.55. The summed E-state index contributed by atoms with van der Waals surface area (Å²) in [6.07, 6.45) is 2.17. The van der Waals surface area contributed by atoms with E-state index in [4.69, 9.17) is 4.74 Å². The number of imide groups is 1. The zero-order chi connectivity index (χ0) is 13.9. The van der Waals surface area contributed by atoms with Crippen LogP contribution in [0, 0.1) is 0 Å². The molecule has 2 aliphatic rings. The van der Waals surface area contributed by atoms with Gasteiger partial charge in [0.05, 0.1) is 18.8 Å². The van der Waals surface area contributed by atoms with Crippen LogP contribution < -0.4 is 15.4 Å². The van der Waals surface area contributed by atoms with Crippen LogP contribution in [0.5, 0.6) is 5.75 Å². The molecule has 2 heterocycles. The van der Waals surface area contributed by atoms with Crippen molar-refractivity contribution in [2.45, 2.75) is 12.8 Å². The smallest absolute Gasteiger partial charge is 0.324 e. The van der Waals surface area contributed by atoms with Crippen LogP contribution in [0.25, 0.3) is 0 Å². The number of ether oxygens (including phenoxy) is 1. The molecule has 2 aliphatic heterocycles. The number of amides is 3. The summed E-state index contributed by atoms with van der Waals surface area (Å²) in [4.78, 5) is 24.0. The average Bonchev–Trinajstić information content (AvgIpc) is 2.79. The van der Waals surface area contributed by atoms with Gasteiger partial charge < -0.3 is 15.4 Å². The molecule has 0 aliphatic carbocycles. The summed E-state index contributed by atoms with van der Waals surface area (Å²) in [7, 11) is 0. The Morgan fingerprint density at radius 1 is 1.25 bits per heavy atom. The summed E-state index contributed by atoms with van der Waals surface area (Å²) in [5.74, 6) is 0.584. The number of aryl methyl sites for hydroxylation is 1. The summed E-state index contributed by atoms with van der Waals surface area (Å²) in [6, 6.07) is 5.62. The Kier molecular flexibility index (Phi) is 3.45. The van der Waals surface area contributed by atoms with Crippen molar-refractivity contribution in [1.29, 1.82) is 0 Å². The standard InChI is InChI=1S/C14H17N3O3/c18-12-9-16-14(19)17(12)7-8-20-11-5-1-3-10-4-2-6-15-13(10)11/h1,3,5,15H,2,4,6-9H2,(H,16,19). The second-order valence-corrected chi connectivity index (χ2v) is 4.87. The minimum atomic E-state index is -0.341. The number of nitrogens with one attached hydrogen (secondary N) is 2. The number of rotatable bonds is 4. The Morgan fingerprint density at radius 2 is 2.15 bits per heavy atom. The summed E-state index contributed by atoms with van der Waals surface area (Å²) in [5, 5.41) is 5.83. The molecule has 20 heavy (non-hydrogen) atoms. The van der Waals surface area contributed by atoms with Gasteiger partial charge in [-0.05, 0) is 24.5 Å². The highest BCUT2D eigenvalue weighted by Gasteiger charge is 2.28. The molecule has 3 amide bonds. The minimum absolute atomic E-state index is 0.0844. The normalized spacial score (nSPS) is 17.5. The van der Waals surface area contributed by atoms with E-state index >= 15 is 0 Å². The first-order valence-electron chi connectivity index (χ1n) is 6.82. The summed E-state index contributed by atoms with van der Waals surface area (Å²) < 4.78 is 5.73. The summed E-state index contributed by atoms with van der Waals surface area (Å²) in [6.45, 7) is 1.60. The molecule has 0 aromatic heterocycles. The van der Waals surface area contributed by atoms with Crippen LogP contribution in [-0.4, -0.2) is 43.1 Å². The Balaban J connectivity index is 1.61. The van der Waals surface area contributed by atoms with Gasteiger partial charge in [-0.15, -0.1) is 0 Å². The number of para-hydroxylation sites is 1. The van der Waals surface area contributed by atoms with Gasteiger partial charge in [0.25, 0.3) is 0 Å². The zero-order valence-electron chi connectivity index (χ0n) is 11.1. The number of carbonyl (C=O) groups is 2. The fourth-order valence-electron chi connectivity index (χ4n) is 2.53. The summed E-state index contributed by atoms with van der Waals surface area (Å²) >= 11 is 0. The maximum Gasteiger partial charge on any atom is 0.324 e. The van der Waals surface area contributed by atoms with Gasteiger partial charge in [-0.1, -0.05) is 12.1 Å². The molecule has 0 unspecified atom stereocenters. The lowest BCUT2D eigenvalue weighted by molar-refractivity contribution is -0.125. The zero-order valence-corrected chi connectivity index (χ0v) is 11.1. The molecule has 0 radical (unpaired) electrons. The molecule has 0 atom stereocenters. The fraction of sp³-hybridized carbons (Fsp3) is 0.429. The molecule has 0 saturated carbocycles. The van der Waals surface area contributed by atoms with E-state index in [9.17, 15) is 9.59 Å². The van der Waals surface area contributed by atoms with Crippen LogP contribution in [0.15, 0.2) is 18.2 Å². The molecule has 3 rings (SSSR count). The van der Waals surface area contributed by atoms with Gasteiger partial charge in [-0.25, -0.2) is 4.79 Å². The highest BCUT2D eigenvalue weighted by atomic mass is 16.5. The lowest BCUT2D eigenvalue weighted by Crippen LogP contribution is -2.34. The molecule has 1 aromatic rings. The van der Waals surface area contributed by atoms with Gasteiger partial charge >= 0.3 is 6.03 Å². The maximum absolute atomic E-state index is 11.4. The molecular weight excluding hydrogens is 258 g/mol. The van der Waals surface area contributed by atoms with E-state index < -0.39 is 0 Å². The van der Waals surface area contributed by atoms with E-state index in [1.807, 2.05) is 12.1 Å². The minimum Gasteiger partial charge on any atom is -0.490 e. The number of carbonyl (C=O) groups excluding carboxylic acids is 2. The van der Waals surface area contributed by atoms with Crippen molar-refractivity contribution in [3.8, 4) is 5.75 Å². The molecule has 0 spiro atoms.